The number of amides is 1. The van der Waals surface area contributed by atoms with Gasteiger partial charge >= 0.3 is 0 Å². The first-order valence-electron chi connectivity index (χ1n) is 13.6. The van der Waals surface area contributed by atoms with Crippen molar-refractivity contribution in [2.24, 2.45) is 0 Å². The minimum atomic E-state index is -3.74. The zero-order valence-electron chi connectivity index (χ0n) is 23.6. The second kappa shape index (κ2) is 12.7. The van der Waals surface area contributed by atoms with E-state index in [2.05, 4.69) is 35.8 Å². The zero-order chi connectivity index (χ0) is 30.5. The average molecular weight is 605 g/mol. The summed E-state index contributed by atoms with van der Waals surface area (Å²) >= 11 is 0. The fourth-order valence-corrected chi connectivity index (χ4v) is 5.47. The predicted molar refractivity (Wildman–Crippen MR) is 158 cm³/mol. The number of aromatic nitrogens is 5. The Balaban J connectivity index is 1.15. The average Bonchev–Trinajstić information content (AvgIpc) is 3.68. The van der Waals surface area contributed by atoms with Crippen molar-refractivity contribution in [2.45, 2.75) is 49.9 Å². The van der Waals surface area contributed by atoms with Crippen LogP contribution < -0.4 is 15.4 Å². The monoisotopic (exact) mass is 604 g/mol. The number of benzene rings is 2. The van der Waals surface area contributed by atoms with E-state index in [-0.39, 0.29) is 35.1 Å². The molecule has 0 bridgehead atoms. The standard InChI is InChI=1S/C29H32N8O5S/c1-29(2,31-17-25(38)20-7-6-8-22(15-20)36-43(40,41)23-9-4-3-5-10-23)12-14-37-13-11-21-16-24(33-35-27(21)37)28(39)30-18-26-34-32-19-42-26/h3-11,13,15-16,19,25,31,36,38H,12,14,17-18H2,1-2H3,(H,30,39)/t25-/m0/s1. The number of rotatable bonds is 13. The first kappa shape index (κ1) is 29.8. The Morgan fingerprint density at radius 2 is 1.86 bits per heavy atom. The van der Waals surface area contributed by atoms with Gasteiger partial charge in [0.25, 0.3) is 15.9 Å². The van der Waals surface area contributed by atoms with E-state index < -0.39 is 22.0 Å². The SMILES string of the molecule is CC(C)(CCn1ccc2cc(C(=O)NCc3nnco3)nnc21)NC[C@H](O)c1cccc(NS(=O)(=O)c2ccccc2)c1. The first-order chi connectivity index (χ1) is 20.6. The van der Waals surface area contributed by atoms with Crippen LogP contribution in [0.2, 0.25) is 0 Å². The van der Waals surface area contributed by atoms with Gasteiger partial charge in [0.05, 0.1) is 17.5 Å². The molecule has 5 rings (SSSR count). The number of anilines is 1. The molecular weight excluding hydrogens is 572 g/mol. The van der Waals surface area contributed by atoms with Crippen molar-refractivity contribution in [3.05, 3.63) is 96.5 Å². The molecule has 0 saturated heterocycles. The first-order valence-corrected chi connectivity index (χ1v) is 15.0. The topological polar surface area (TPSA) is 177 Å². The molecule has 0 aliphatic heterocycles. The molecule has 43 heavy (non-hydrogen) atoms. The molecule has 1 amide bonds. The molecule has 3 aromatic heterocycles. The molecule has 0 aliphatic rings. The highest BCUT2D eigenvalue weighted by Gasteiger charge is 2.21. The van der Waals surface area contributed by atoms with Crippen LogP contribution in [0.4, 0.5) is 5.69 Å². The lowest BCUT2D eigenvalue weighted by atomic mass is 9.99. The zero-order valence-corrected chi connectivity index (χ0v) is 24.5. The third-order valence-electron chi connectivity index (χ3n) is 6.88. The van der Waals surface area contributed by atoms with Gasteiger partial charge in [0.1, 0.15) is 0 Å². The molecule has 0 radical (unpaired) electrons. The lowest BCUT2D eigenvalue weighted by Crippen LogP contribution is -2.42. The minimum absolute atomic E-state index is 0.0921. The van der Waals surface area contributed by atoms with Crippen LogP contribution in [0.25, 0.3) is 11.0 Å². The summed E-state index contributed by atoms with van der Waals surface area (Å²) in [4.78, 5) is 12.6. The fraction of sp³-hybridized carbons (Fsp3) is 0.276. The molecule has 14 heteroatoms. The van der Waals surface area contributed by atoms with Crippen LogP contribution in [0.5, 0.6) is 0 Å². The van der Waals surface area contributed by atoms with Crippen LogP contribution in [0.1, 0.15) is 48.3 Å². The van der Waals surface area contributed by atoms with Gasteiger partial charge in [-0.2, -0.15) is 0 Å². The van der Waals surface area contributed by atoms with E-state index in [4.69, 9.17) is 4.42 Å². The van der Waals surface area contributed by atoms with Crippen LogP contribution in [0, 0.1) is 0 Å². The Morgan fingerprint density at radius 3 is 2.63 bits per heavy atom. The fourth-order valence-electron chi connectivity index (χ4n) is 4.40. The summed E-state index contributed by atoms with van der Waals surface area (Å²) in [5, 5.41) is 33.4. The van der Waals surface area contributed by atoms with Gasteiger partial charge in [0.15, 0.2) is 11.3 Å². The summed E-state index contributed by atoms with van der Waals surface area (Å²) < 4.78 is 34.9. The number of aliphatic hydroxyl groups is 1. The summed E-state index contributed by atoms with van der Waals surface area (Å²) in [5.41, 5.74) is 1.43. The number of hydrogen-bond acceptors (Lipinski definition) is 10. The number of sulfonamides is 1. The summed E-state index contributed by atoms with van der Waals surface area (Å²) in [6, 6.07) is 18.4. The van der Waals surface area contributed by atoms with E-state index >= 15 is 0 Å². The molecule has 4 N–H and O–H groups in total. The number of nitrogens with zero attached hydrogens (tertiary/aromatic N) is 5. The number of hydrogen-bond donors (Lipinski definition) is 4. The van der Waals surface area contributed by atoms with Crippen LogP contribution >= 0.6 is 0 Å². The Labute approximate surface area is 248 Å². The molecule has 0 spiro atoms. The van der Waals surface area contributed by atoms with Gasteiger partial charge in [-0.3, -0.25) is 9.52 Å². The van der Waals surface area contributed by atoms with Gasteiger partial charge in [-0.05, 0) is 62.2 Å². The van der Waals surface area contributed by atoms with Crippen molar-refractivity contribution >= 4 is 32.7 Å². The van der Waals surface area contributed by atoms with Gasteiger partial charge in [-0.25, -0.2) is 8.42 Å². The summed E-state index contributed by atoms with van der Waals surface area (Å²) in [6.45, 7) is 5.04. The molecule has 2 aromatic carbocycles. The maximum atomic E-state index is 12.7. The molecular formula is C29H32N8O5S. The maximum Gasteiger partial charge on any atom is 0.272 e. The van der Waals surface area contributed by atoms with Gasteiger partial charge in [0.2, 0.25) is 12.3 Å². The third-order valence-corrected chi connectivity index (χ3v) is 8.27. The van der Waals surface area contributed by atoms with Gasteiger partial charge in [0, 0.05) is 35.9 Å². The van der Waals surface area contributed by atoms with Crippen molar-refractivity contribution in [1.82, 2.24) is 35.6 Å². The molecule has 0 fully saturated rings. The summed E-state index contributed by atoms with van der Waals surface area (Å²) in [7, 11) is -3.74. The van der Waals surface area contributed by atoms with E-state index in [1.165, 1.54) is 18.5 Å². The number of fused-ring (bicyclic) bond motifs is 1. The van der Waals surface area contributed by atoms with Crippen molar-refractivity contribution in [3.63, 3.8) is 0 Å². The molecule has 224 valence electrons. The highest BCUT2D eigenvalue weighted by atomic mass is 32.2. The highest BCUT2D eigenvalue weighted by molar-refractivity contribution is 7.92. The van der Waals surface area contributed by atoms with E-state index in [0.717, 1.165) is 5.39 Å². The number of β-amino-alcohol motifs (C(OH)–C–C–N with tert-alkyl or cyclic N) is 1. The molecule has 0 aliphatic carbocycles. The van der Waals surface area contributed by atoms with Crippen molar-refractivity contribution in [3.8, 4) is 0 Å². The number of nitrogens with one attached hydrogen (secondary N) is 3. The van der Waals surface area contributed by atoms with Crippen LogP contribution in [-0.2, 0) is 23.1 Å². The van der Waals surface area contributed by atoms with E-state index in [1.807, 2.05) is 30.7 Å². The van der Waals surface area contributed by atoms with Gasteiger partial charge < -0.3 is 24.7 Å². The van der Waals surface area contributed by atoms with Crippen molar-refractivity contribution < 1.29 is 22.7 Å². The molecule has 13 nitrogen and oxygen atoms in total. The second-order valence-corrected chi connectivity index (χ2v) is 12.3. The lowest BCUT2D eigenvalue weighted by molar-refractivity contribution is 0.0941. The number of aliphatic hydroxyl groups excluding tert-OH is 1. The molecule has 0 unspecified atom stereocenters. The van der Waals surface area contributed by atoms with Gasteiger partial charge in [-0.1, -0.05) is 30.3 Å². The van der Waals surface area contributed by atoms with E-state index in [9.17, 15) is 18.3 Å². The Hall–Kier alpha value is -4.66. The van der Waals surface area contributed by atoms with Crippen LogP contribution in [0.15, 0.2) is 88.6 Å². The summed E-state index contributed by atoms with van der Waals surface area (Å²) in [6.07, 6.45) is 2.93. The van der Waals surface area contributed by atoms with Crippen molar-refractivity contribution in [2.75, 3.05) is 11.3 Å². The second-order valence-electron chi connectivity index (χ2n) is 10.6. The number of carbonyl (C=O) groups is 1. The molecule has 5 aromatic rings. The third kappa shape index (κ3) is 7.60. The Morgan fingerprint density at radius 1 is 1.05 bits per heavy atom. The van der Waals surface area contributed by atoms with Crippen LogP contribution in [-0.4, -0.2) is 56.5 Å². The largest absolute Gasteiger partial charge is 0.426 e. The van der Waals surface area contributed by atoms with E-state index in [1.54, 1.807) is 48.5 Å². The smallest absolute Gasteiger partial charge is 0.272 e. The normalized spacial score (nSPS) is 12.7. The maximum absolute atomic E-state index is 12.7. The molecule has 3 heterocycles. The Kier molecular flexibility index (Phi) is 8.80. The lowest BCUT2D eigenvalue weighted by Gasteiger charge is -2.28. The van der Waals surface area contributed by atoms with Gasteiger partial charge in [-0.15, -0.1) is 20.4 Å². The molecule has 1 atom stereocenters. The van der Waals surface area contributed by atoms with Crippen molar-refractivity contribution in [1.29, 1.82) is 0 Å². The molecule has 0 saturated carbocycles. The highest BCUT2D eigenvalue weighted by Crippen LogP contribution is 2.22. The Bertz CT molecular complexity index is 1790. The number of aryl methyl sites for hydroxylation is 1. The quantitative estimate of drug-likeness (QED) is 0.156. The summed E-state index contributed by atoms with van der Waals surface area (Å²) in [5.74, 6) is -0.111. The van der Waals surface area contributed by atoms with Crippen LogP contribution in [0.3, 0.4) is 0 Å². The minimum Gasteiger partial charge on any atom is -0.426 e. The number of carbonyl (C=O) groups excluding carboxylic acids is 1. The van der Waals surface area contributed by atoms with E-state index in [0.29, 0.717) is 29.9 Å². The predicted octanol–water partition coefficient (Wildman–Crippen LogP) is 3.04.